The molecule has 0 aliphatic heterocycles. The van der Waals surface area contributed by atoms with Crippen molar-refractivity contribution in [3.63, 3.8) is 0 Å². The van der Waals surface area contributed by atoms with E-state index in [4.69, 9.17) is 5.73 Å². The van der Waals surface area contributed by atoms with Gasteiger partial charge in [-0.3, -0.25) is 0 Å². The minimum atomic E-state index is 0.473. The van der Waals surface area contributed by atoms with Crippen LogP contribution in [0.1, 0.15) is 0 Å². The Morgan fingerprint density at radius 3 is 2.26 bits per heavy atom. The Balaban J connectivity index is 0.000000117. The number of H-pyrrole nitrogens is 2. The molecule has 0 unspecified atom stereocenters. The summed E-state index contributed by atoms with van der Waals surface area (Å²) in [5, 5.41) is 0. The third-order valence-electron chi connectivity index (χ3n) is 2.74. The predicted molar refractivity (Wildman–Crippen MR) is 76.6 cm³/mol. The second-order valence-electron chi connectivity index (χ2n) is 4.06. The zero-order valence-corrected chi connectivity index (χ0v) is 10.2. The van der Waals surface area contributed by atoms with Gasteiger partial charge in [-0.1, -0.05) is 24.3 Å². The lowest BCUT2D eigenvalue weighted by Gasteiger charge is -1.81. The van der Waals surface area contributed by atoms with Crippen LogP contribution in [0.4, 0.5) is 5.95 Å². The number of anilines is 1. The normalized spacial score (nSPS) is 10.3. The van der Waals surface area contributed by atoms with Crippen LogP contribution in [0.2, 0.25) is 0 Å². The van der Waals surface area contributed by atoms with E-state index in [9.17, 15) is 0 Å². The lowest BCUT2D eigenvalue weighted by molar-refractivity contribution is 1.34. The van der Waals surface area contributed by atoms with E-state index in [2.05, 4.69) is 19.9 Å². The standard InChI is InChI=1S/C7H7N3.C7H6N2/c8-7-9-5-3-1-2-4-6(5)10-7;1-2-4-7-6(3-1)8-5-9-7/h1-4H,(H3,8,9,10);1-5H,(H,8,9). The van der Waals surface area contributed by atoms with Gasteiger partial charge < -0.3 is 15.7 Å². The van der Waals surface area contributed by atoms with Gasteiger partial charge in [0.25, 0.3) is 0 Å². The SMILES string of the molecule is Nc1nc2ccccc2[nH]1.c1ccc2[nH]cnc2c1. The molecule has 0 saturated carbocycles. The summed E-state index contributed by atoms with van der Waals surface area (Å²) < 4.78 is 0. The molecule has 0 fully saturated rings. The molecular weight excluding hydrogens is 238 g/mol. The lowest BCUT2D eigenvalue weighted by atomic mass is 10.3. The first-order valence-corrected chi connectivity index (χ1v) is 5.91. The predicted octanol–water partition coefficient (Wildman–Crippen LogP) is 2.71. The van der Waals surface area contributed by atoms with Crippen molar-refractivity contribution in [2.45, 2.75) is 0 Å². The molecule has 2 aromatic heterocycles. The molecule has 2 aromatic carbocycles. The summed E-state index contributed by atoms with van der Waals surface area (Å²) in [6, 6.07) is 15.7. The molecule has 4 rings (SSSR count). The molecule has 0 aliphatic rings. The van der Waals surface area contributed by atoms with Gasteiger partial charge in [0.2, 0.25) is 0 Å². The van der Waals surface area contributed by atoms with Gasteiger partial charge in [0.1, 0.15) is 0 Å². The highest BCUT2D eigenvalue weighted by Gasteiger charge is 1.94. The second kappa shape index (κ2) is 4.81. The molecule has 0 saturated heterocycles. The van der Waals surface area contributed by atoms with Gasteiger partial charge in [0.05, 0.1) is 28.4 Å². The molecule has 0 spiro atoms. The van der Waals surface area contributed by atoms with Crippen LogP contribution in [0, 0.1) is 0 Å². The maximum atomic E-state index is 5.42. The molecule has 0 aliphatic carbocycles. The maximum absolute atomic E-state index is 5.42. The Bertz CT molecular complexity index is 736. The number of nitrogen functional groups attached to an aromatic ring is 1. The van der Waals surface area contributed by atoms with Crippen molar-refractivity contribution in [1.82, 2.24) is 19.9 Å². The largest absolute Gasteiger partial charge is 0.369 e. The summed E-state index contributed by atoms with van der Waals surface area (Å²) in [6.07, 6.45) is 1.70. The minimum Gasteiger partial charge on any atom is -0.369 e. The van der Waals surface area contributed by atoms with Crippen LogP contribution in [-0.2, 0) is 0 Å². The number of nitrogens with zero attached hydrogens (tertiary/aromatic N) is 2. The Morgan fingerprint density at radius 2 is 1.53 bits per heavy atom. The van der Waals surface area contributed by atoms with Crippen molar-refractivity contribution in [3.8, 4) is 0 Å². The van der Waals surface area contributed by atoms with Crippen LogP contribution in [0.5, 0.6) is 0 Å². The van der Waals surface area contributed by atoms with E-state index in [1.807, 2.05) is 48.5 Å². The molecule has 0 bridgehead atoms. The van der Waals surface area contributed by atoms with E-state index in [1.165, 1.54) is 0 Å². The van der Waals surface area contributed by atoms with Crippen molar-refractivity contribution >= 4 is 28.0 Å². The molecular formula is C14H13N5. The van der Waals surface area contributed by atoms with Crippen molar-refractivity contribution in [3.05, 3.63) is 54.9 Å². The minimum absolute atomic E-state index is 0.473. The fourth-order valence-corrected chi connectivity index (χ4v) is 1.85. The Hall–Kier alpha value is -2.82. The summed E-state index contributed by atoms with van der Waals surface area (Å²) in [5.74, 6) is 0.473. The third kappa shape index (κ3) is 2.40. The quantitative estimate of drug-likeness (QED) is 0.449. The number of fused-ring (bicyclic) bond motifs is 2. The van der Waals surface area contributed by atoms with Crippen LogP contribution in [-0.4, -0.2) is 19.9 Å². The van der Waals surface area contributed by atoms with E-state index in [0.717, 1.165) is 22.1 Å². The van der Waals surface area contributed by atoms with E-state index < -0.39 is 0 Å². The van der Waals surface area contributed by atoms with Crippen LogP contribution < -0.4 is 5.73 Å². The molecule has 5 nitrogen and oxygen atoms in total. The molecule has 4 N–H and O–H groups in total. The fraction of sp³-hybridized carbons (Fsp3) is 0. The van der Waals surface area contributed by atoms with Crippen molar-refractivity contribution < 1.29 is 0 Å². The number of hydrogen-bond acceptors (Lipinski definition) is 3. The highest BCUT2D eigenvalue weighted by molar-refractivity contribution is 5.76. The van der Waals surface area contributed by atoms with Crippen molar-refractivity contribution in [1.29, 1.82) is 0 Å². The number of aromatic amines is 2. The molecule has 5 heteroatoms. The van der Waals surface area contributed by atoms with Crippen LogP contribution in [0.15, 0.2) is 54.9 Å². The van der Waals surface area contributed by atoms with Crippen LogP contribution in [0.25, 0.3) is 22.1 Å². The van der Waals surface area contributed by atoms with Gasteiger partial charge in [-0.25, -0.2) is 9.97 Å². The Morgan fingerprint density at radius 1 is 0.842 bits per heavy atom. The number of aromatic nitrogens is 4. The highest BCUT2D eigenvalue weighted by Crippen LogP contribution is 2.10. The highest BCUT2D eigenvalue weighted by atomic mass is 15.0. The van der Waals surface area contributed by atoms with E-state index in [-0.39, 0.29) is 0 Å². The lowest BCUT2D eigenvalue weighted by Crippen LogP contribution is -1.84. The van der Waals surface area contributed by atoms with E-state index >= 15 is 0 Å². The zero-order valence-electron chi connectivity index (χ0n) is 10.2. The van der Waals surface area contributed by atoms with Crippen molar-refractivity contribution in [2.75, 3.05) is 5.73 Å². The molecule has 0 amide bonds. The van der Waals surface area contributed by atoms with Gasteiger partial charge in [-0.05, 0) is 24.3 Å². The first kappa shape index (κ1) is 11.3. The van der Waals surface area contributed by atoms with E-state index in [1.54, 1.807) is 6.33 Å². The first-order chi connectivity index (χ1) is 9.33. The number of hydrogen-bond donors (Lipinski definition) is 3. The molecule has 94 valence electrons. The topological polar surface area (TPSA) is 83.4 Å². The number of nitrogens with one attached hydrogen (secondary N) is 2. The number of para-hydroxylation sites is 4. The molecule has 19 heavy (non-hydrogen) atoms. The van der Waals surface area contributed by atoms with E-state index in [0.29, 0.717) is 5.95 Å². The summed E-state index contributed by atoms with van der Waals surface area (Å²) in [7, 11) is 0. The summed E-state index contributed by atoms with van der Waals surface area (Å²) in [5.41, 5.74) is 9.45. The average Bonchev–Trinajstić information content (AvgIpc) is 3.03. The third-order valence-corrected chi connectivity index (χ3v) is 2.74. The molecule has 0 radical (unpaired) electrons. The summed E-state index contributed by atoms with van der Waals surface area (Å²) in [4.78, 5) is 14.0. The maximum Gasteiger partial charge on any atom is 0.198 e. The summed E-state index contributed by atoms with van der Waals surface area (Å²) in [6.45, 7) is 0. The fourth-order valence-electron chi connectivity index (χ4n) is 1.85. The van der Waals surface area contributed by atoms with Gasteiger partial charge in [-0.15, -0.1) is 0 Å². The molecule has 2 heterocycles. The molecule has 0 atom stereocenters. The average molecular weight is 251 g/mol. The Labute approximate surface area is 109 Å². The first-order valence-electron chi connectivity index (χ1n) is 5.91. The monoisotopic (exact) mass is 251 g/mol. The number of imidazole rings is 2. The number of nitrogens with two attached hydrogens (primary N) is 1. The van der Waals surface area contributed by atoms with Gasteiger partial charge in [0, 0.05) is 0 Å². The smallest absolute Gasteiger partial charge is 0.198 e. The summed E-state index contributed by atoms with van der Waals surface area (Å²) >= 11 is 0. The Kier molecular flexibility index (Phi) is 2.86. The van der Waals surface area contributed by atoms with Gasteiger partial charge in [0.15, 0.2) is 5.95 Å². The van der Waals surface area contributed by atoms with Crippen molar-refractivity contribution in [2.24, 2.45) is 0 Å². The number of rotatable bonds is 0. The molecule has 4 aromatic rings. The zero-order chi connectivity index (χ0) is 13.1. The van der Waals surface area contributed by atoms with Crippen LogP contribution in [0.3, 0.4) is 0 Å². The van der Waals surface area contributed by atoms with Crippen LogP contribution >= 0.6 is 0 Å². The van der Waals surface area contributed by atoms with Gasteiger partial charge in [-0.2, -0.15) is 0 Å². The number of benzene rings is 2. The van der Waals surface area contributed by atoms with Gasteiger partial charge >= 0.3 is 0 Å². The second-order valence-corrected chi connectivity index (χ2v) is 4.06.